The molecule has 23 heavy (non-hydrogen) atoms. The van der Waals surface area contributed by atoms with E-state index in [0.29, 0.717) is 12.4 Å². The summed E-state index contributed by atoms with van der Waals surface area (Å²) in [5.74, 6) is 0.516. The summed E-state index contributed by atoms with van der Waals surface area (Å²) in [6, 6.07) is 7.26. The molecular formula is C17H27NO5. The number of amides is 1. The molecule has 0 aliphatic heterocycles. The van der Waals surface area contributed by atoms with Crippen LogP contribution in [-0.2, 0) is 9.47 Å². The van der Waals surface area contributed by atoms with Crippen molar-refractivity contribution in [1.29, 1.82) is 0 Å². The molecule has 1 atom stereocenters. The number of benzene rings is 1. The van der Waals surface area contributed by atoms with Gasteiger partial charge in [0.05, 0.1) is 6.61 Å². The maximum Gasteiger partial charge on any atom is 0.513 e. The molecule has 0 heterocycles. The number of ether oxygens (including phenoxy) is 3. The van der Waals surface area contributed by atoms with Crippen molar-refractivity contribution < 1.29 is 23.8 Å². The number of carbonyl (C=O) groups excluding carboxylic acids is 2. The number of aryl methyl sites for hydroxylation is 1. The van der Waals surface area contributed by atoms with E-state index >= 15 is 0 Å². The standard InChI is InChI=1S/C12H16O3.C5H11NO2/c1-3-4-9-14-12(13)15-11-7-5-10(2)6-8-11;1-3-4(2)8-5(6)7/h5-8H,3-4,9H2,1-2H3;4H,3H2,1-2H3,(H2,6,7). The first-order valence-electron chi connectivity index (χ1n) is 7.76. The van der Waals surface area contributed by atoms with Crippen molar-refractivity contribution in [3.8, 4) is 5.75 Å². The molecule has 6 nitrogen and oxygen atoms in total. The van der Waals surface area contributed by atoms with Crippen molar-refractivity contribution in [2.24, 2.45) is 5.73 Å². The van der Waals surface area contributed by atoms with Crippen molar-refractivity contribution in [1.82, 2.24) is 0 Å². The number of hydrogen-bond donors (Lipinski definition) is 1. The average molecular weight is 325 g/mol. The van der Waals surface area contributed by atoms with E-state index in [1.54, 1.807) is 19.1 Å². The number of primary amides is 1. The van der Waals surface area contributed by atoms with Gasteiger partial charge in [-0.1, -0.05) is 38.0 Å². The summed E-state index contributed by atoms with van der Waals surface area (Å²) in [7, 11) is 0. The molecule has 1 aromatic carbocycles. The Morgan fingerprint density at radius 1 is 1.17 bits per heavy atom. The van der Waals surface area contributed by atoms with Gasteiger partial charge in [0, 0.05) is 0 Å². The zero-order valence-corrected chi connectivity index (χ0v) is 14.3. The van der Waals surface area contributed by atoms with E-state index < -0.39 is 12.2 Å². The van der Waals surface area contributed by atoms with Gasteiger partial charge in [-0.05, 0) is 38.8 Å². The lowest BCUT2D eigenvalue weighted by atomic mass is 10.2. The van der Waals surface area contributed by atoms with Gasteiger partial charge in [-0.25, -0.2) is 9.59 Å². The van der Waals surface area contributed by atoms with Crippen molar-refractivity contribution >= 4 is 12.2 Å². The van der Waals surface area contributed by atoms with Crippen LogP contribution in [0.2, 0.25) is 0 Å². The van der Waals surface area contributed by atoms with Crippen LogP contribution < -0.4 is 10.5 Å². The summed E-state index contributed by atoms with van der Waals surface area (Å²) in [6.07, 6.45) is 1.29. The summed E-state index contributed by atoms with van der Waals surface area (Å²) in [5.41, 5.74) is 5.83. The normalized spacial score (nSPS) is 10.8. The minimum atomic E-state index is -0.695. The fraction of sp³-hybridized carbons (Fsp3) is 0.529. The highest BCUT2D eigenvalue weighted by molar-refractivity contribution is 5.64. The largest absolute Gasteiger partial charge is 0.513 e. The van der Waals surface area contributed by atoms with Crippen molar-refractivity contribution in [2.75, 3.05) is 6.61 Å². The lowest BCUT2D eigenvalue weighted by Gasteiger charge is -2.06. The molecule has 130 valence electrons. The number of unbranched alkanes of at least 4 members (excludes halogenated alkanes) is 1. The molecule has 1 unspecified atom stereocenters. The van der Waals surface area contributed by atoms with Crippen LogP contribution in [0.15, 0.2) is 24.3 Å². The van der Waals surface area contributed by atoms with E-state index in [0.717, 1.165) is 24.8 Å². The third-order valence-corrected chi connectivity index (χ3v) is 2.83. The summed E-state index contributed by atoms with van der Waals surface area (Å²) >= 11 is 0. The highest BCUT2D eigenvalue weighted by Crippen LogP contribution is 2.12. The number of hydrogen-bond acceptors (Lipinski definition) is 5. The topological polar surface area (TPSA) is 87.9 Å². The summed E-state index contributed by atoms with van der Waals surface area (Å²) < 4.78 is 14.3. The molecule has 0 bridgehead atoms. The van der Waals surface area contributed by atoms with Crippen LogP contribution >= 0.6 is 0 Å². The Morgan fingerprint density at radius 2 is 1.78 bits per heavy atom. The predicted molar refractivity (Wildman–Crippen MR) is 88.5 cm³/mol. The van der Waals surface area contributed by atoms with Gasteiger partial charge in [0.1, 0.15) is 11.9 Å². The Labute approximate surface area is 137 Å². The molecule has 0 aliphatic rings. The van der Waals surface area contributed by atoms with Crippen LogP contribution in [-0.4, -0.2) is 25.0 Å². The first-order chi connectivity index (χ1) is 10.9. The van der Waals surface area contributed by atoms with Crippen LogP contribution in [0.4, 0.5) is 9.59 Å². The molecule has 1 rings (SSSR count). The third-order valence-electron chi connectivity index (χ3n) is 2.83. The lowest BCUT2D eigenvalue weighted by molar-refractivity contribution is 0.0978. The predicted octanol–water partition coefficient (Wildman–Crippen LogP) is 4.19. The van der Waals surface area contributed by atoms with E-state index in [1.165, 1.54) is 0 Å². The number of carbonyl (C=O) groups is 2. The smallest absolute Gasteiger partial charge is 0.447 e. The Hall–Kier alpha value is -2.24. The van der Waals surface area contributed by atoms with E-state index in [2.05, 4.69) is 4.74 Å². The molecule has 0 aliphatic carbocycles. The monoisotopic (exact) mass is 325 g/mol. The summed E-state index contributed by atoms with van der Waals surface area (Å²) in [6.45, 7) is 8.15. The second-order valence-electron chi connectivity index (χ2n) is 5.02. The van der Waals surface area contributed by atoms with Gasteiger partial charge in [-0.3, -0.25) is 0 Å². The van der Waals surface area contributed by atoms with Gasteiger partial charge >= 0.3 is 12.2 Å². The second-order valence-corrected chi connectivity index (χ2v) is 5.02. The van der Waals surface area contributed by atoms with Crippen LogP contribution in [0.3, 0.4) is 0 Å². The molecule has 1 aromatic rings. The van der Waals surface area contributed by atoms with Gasteiger partial charge in [0.2, 0.25) is 0 Å². The Morgan fingerprint density at radius 3 is 2.22 bits per heavy atom. The minimum absolute atomic E-state index is 0.0486. The van der Waals surface area contributed by atoms with E-state index in [9.17, 15) is 9.59 Å². The first kappa shape index (κ1) is 20.8. The maximum absolute atomic E-state index is 11.1. The van der Waals surface area contributed by atoms with E-state index in [-0.39, 0.29) is 6.10 Å². The Bertz CT molecular complexity index is 459. The SMILES string of the molecule is CCC(C)OC(N)=O.CCCCOC(=O)Oc1ccc(C)cc1. The van der Waals surface area contributed by atoms with E-state index in [4.69, 9.17) is 15.2 Å². The molecule has 0 aromatic heterocycles. The molecule has 0 radical (unpaired) electrons. The van der Waals surface area contributed by atoms with Gasteiger partial charge in [-0.2, -0.15) is 0 Å². The third kappa shape index (κ3) is 12.0. The highest BCUT2D eigenvalue weighted by atomic mass is 16.7. The minimum Gasteiger partial charge on any atom is -0.447 e. The van der Waals surface area contributed by atoms with Crippen molar-refractivity contribution in [3.05, 3.63) is 29.8 Å². The first-order valence-corrected chi connectivity index (χ1v) is 7.76. The van der Waals surface area contributed by atoms with Gasteiger partial charge in [-0.15, -0.1) is 0 Å². The van der Waals surface area contributed by atoms with Gasteiger partial charge in [0.15, 0.2) is 0 Å². The summed E-state index contributed by atoms with van der Waals surface area (Å²) in [5, 5.41) is 0. The van der Waals surface area contributed by atoms with Crippen LogP contribution in [0, 0.1) is 6.92 Å². The molecule has 2 N–H and O–H groups in total. The molecule has 0 saturated heterocycles. The molecule has 6 heteroatoms. The average Bonchev–Trinajstić information content (AvgIpc) is 2.50. The fourth-order valence-corrected chi connectivity index (χ4v) is 1.31. The quantitative estimate of drug-likeness (QED) is 0.481. The lowest BCUT2D eigenvalue weighted by Crippen LogP contribution is -2.19. The van der Waals surface area contributed by atoms with E-state index in [1.807, 2.05) is 32.9 Å². The van der Waals surface area contributed by atoms with Crippen LogP contribution in [0.5, 0.6) is 5.75 Å². The second kappa shape index (κ2) is 12.3. The number of rotatable bonds is 6. The van der Waals surface area contributed by atoms with Crippen molar-refractivity contribution in [3.63, 3.8) is 0 Å². The van der Waals surface area contributed by atoms with Gasteiger partial charge < -0.3 is 19.9 Å². The maximum atomic E-state index is 11.1. The van der Waals surface area contributed by atoms with Gasteiger partial charge in [0.25, 0.3) is 0 Å². The Kier molecular flexibility index (Phi) is 11.1. The molecular weight excluding hydrogens is 298 g/mol. The zero-order chi connectivity index (χ0) is 17.7. The molecule has 0 fully saturated rings. The van der Waals surface area contributed by atoms with Crippen molar-refractivity contribution in [2.45, 2.75) is 53.1 Å². The molecule has 0 spiro atoms. The molecule has 0 saturated carbocycles. The fourth-order valence-electron chi connectivity index (χ4n) is 1.31. The zero-order valence-electron chi connectivity index (χ0n) is 14.3. The highest BCUT2D eigenvalue weighted by Gasteiger charge is 2.04. The molecule has 1 amide bonds. The van der Waals surface area contributed by atoms with Crippen LogP contribution in [0.25, 0.3) is 0 Å². The van der Waals surface area contributed by atoms with Crippen LogP contribution in [0.1, 0.15) is 45.6 Å². The summed E-state index contributed by atoms with van der Waals surface area (Å²) in [4.78, 5) is 21.1. The number of nitrogens with two attached hydrogens (primary N) is 1. The Balaban J connectivity index is 0.000000515.